The highest BCUT2D eigenvalue weighted by atomic mass is 16.3. The first kappa shape index (κ1) is 39.0. The van der Waals surface area contributed by atoms with Crippen LogP contribution in [0.25, 0.3) is 115 Å². The van der Waals surface area contributed by atoms with Gasteiger partial charge in [-0.2, -0.15) is 0 Å². The van der Waals surface area contributed by atoms with Crippen molar-refractivity contribution in [3.63, 3.8) is 0 Å². The Morgan fingerprint density at radius 1 is 0.275 bits per heavy atom. The van der Waals surface area contributed by atoms with E-state index in [2.05, 4.69) is 258 Å². The molecule has 14 aromatic rings. The van der Waals surface area contributed by atoms with Crippen molar-refractivity contribution in [2.45, 2.75) is 0 Å². The number of hydrogen-bond acceptors (Lipinski definition) is 2. The summed E-state index contributed by atoms with van der Waals surface area (Å²) in [4.78, 5) is 2.38. The third-order valence-corrected chi connectivity index (χ3v) is 14.2. The predicted molar refractivity (Wildman–Crippen MR) is 292 cm³/mol. The monoisotopic (exact) mass is 878 g/mol. The van der Waals surface area contributed by atoms with E-state index in [-0.39, 0.29) is 0 Å². The van der Waals surface area contributed by atoms with Gasteiger partial charge in [-0.3, -0.25) is 0 Å². The van der Waals surface area contributed by atoms with Gasteiger partial charge in [0.05, 0.1) is 11.0 Å². The van der Waals surface area contributed by atoms with E-state index in [1.165, 1.54) is 65.6 Å². The number of aromatic nitrogens is 1. The molecule has 0 aliphatic carbocycles. The van der Waals surface area contributed by atoms with Crippen LogP contribution in [0.15, 0.2) is 259 Å². The van der Waals surface area contributed by atoms with Crippen molar-refractivity contribution in [3.05, 3.63) is 255 Å². The molecule has 12 aromatic carbocycles. The summed E-state index contributed by atoms with van der Waals surface area (Å²) in [5, 5.41) is 12.0. The fourth-order valence-electron chi connectivity index (χ4n) is 10.8. The molecular weight excluding hydrogens is 837 g/mol. The maximum absolute atomic E-state index is 6.60. The zero-order valence-corrected chi connectivity index (χ0v) is 37.6. The average Bonchev–Trinajstić information content (AvgIpc) is 3.97. The molecule has 0 N–H and O–H groups in total. The van der Waals surface area contributed by atoms with Crippen LogP contribution in [-0.4, -0.2) is 4.57 Å². The lowest BCUT2D eigenvalue weighted by molar-refractivity contribution is 0.672. The number of furan rings is 1. The largest absolute Gasteiger partial charge is 0.455 e. The standard InChI is InChI=1S/C66H42N2O/c1-2-11-43(12-3-1)44-21-23-45(24-22-44)46-27-32-52(33-28-46)67(55-34-29-48-30-36-60-59-18-7-9-20-65(59)69-66(60)61(48)42-55)53-15-10-14-49(39-53)50-31-38-64-62(41-50)58-17-6-8-19-63(58)68(64)54-35-37-57-51(40-54)26-25-47-13-4-5-16-56(47)57/h1-42H. The molecule has 0 amide bonds. The van der Waals surface area contributed by atoms with E-state index < -0.39 is 0 Å². The first-order valence-corrected chi connectivity index (χ1v) is 23.6. The van der Waals surface area contributed by atoms with Crippen LogP contribution < -0.4 is 4.90 Å². The predicted octanol–water partition coefficient (Wildman–Crippen LogP) is 18.6. The third-order valence-electron chi connectivity index (χ3n) is 14.2. The van der Waals surface area contributed by atoms with Gasteiger partial charge in [0, 0.05) is 49.7 Å². The van der Waals surface area contributed by atoms with Gasteiger partial charge in [0.15, 0.2) is 0 Å². The Morgan fingerprint density at radius 2 is 0.826 bits per heavy atom. The smallest absolute Gasteiger partial charge is 0.143 e. The SMILES string of the molecule is c1ccc(-c2ccc(-c3ccc(N(c4cccc(-c5ccc6c(c5)c5ccccc5n6-c5ccc6c(ccc7ccccc76)c5)c4)c4ccc5ccc6c7ccccc7oc6c5c4)cc3)cc2)cc1. The van der Waals surface area contributed by atoms with Gasteiger partial charge >= 0.3 is 0 Å². The Kier molecular flexibility index (Phi) is 8.90. The Hall–Kier alpha value is -9.18. The summed E-state index contributed by atoms with van der Waals surface area (Å²) >= 11 is 0. The summed E-state index contributed by atoms with van der Waals surface area (Å²) < 4.78 is 9.02. The molecule has 0 aliphatic heterocycles. The van der Waals surface area contributed by atoms with Gasteiger partial charge in [-0.05, 0) is 139 Å². The maximum Gasteiger partial charge on any atom is 0.143 e. The summed E-state index contributed by atoms with van der Waals surface area (Å²) in [7, 11) is 0. The molecule has 69 heavy (non-hydrogen) atoms. The van der Waals surface area contributed by atoms with E-state index in [4.69, 9.17) is 4.42 Å². The molecule has 2 aromatic heterocycles. The second-order valence-corrected chi connectivity index (χ2v) is 18.1. The quantitative estimate of drug-likeness (QED) is 0.149. The van der Waals surface area contributed by atoms with Crippen LogP contribution in [0, 0.1) is 0 Å². The lowest BCUT2D eigenvalue weighted by Crippen LogP contribution is -2.10. The molecule has 14 rings (SSSR count). The van der Waals surface area contributed by atoms with Crippen molar-refractivity contribution in [2.75, 3.05) is 4.90 Å². The van der Waals surface area contributed by atoms with Crippen molar-refractivity contribution < 1.29 is 4.42 Å². The van der Waals surface area contributed by atoms with Gasteiger partial charge in [0.25, 0.3) is 0 Å². The third kappa shape index (κ3) is 6.51. The summed E-state index contributed by atoms with van der Waals surface area (Å²) in [5.74, 6) is 0. The first-order chi connectivity index (χ1) is 34.2. The highest BCUT2D eigenvalue weighted by molar-refractivity contribution is 6.16. The molecule has 0 saturated carbocycles. The molecule has 3 heteroatoms. The van der Waals surface area contributed by atoms with Gasteiger partial charge in [-0.1, -0.05) is 176 Å². The number of rotatable bonds is 7. The van der Waals surface area contributed by atoms with Crippen LogP contribution >= 0.6 is 0 Å². The van der Waals surface area contributed by atoms with Crippen LogP contribution in [0.4, 0.5) is 17.1 Å². The molecular formula is C66H42N2O. The highest BCUT2D eigenvalue weighted by Crippen LogP contribution is 2.43. The van der Waals surface area contributed by atoms with Crippen molar-refractivity contribution in [1.82, 2.24) is 4.57 Å². The van der Waals surface area contributed by atoms with E-state index in [1.807, 2.05) is 6.07 Å². The van der Waals surface area contributed by atoms with Crippen molar-refractivity contribution in [1.29, 1.82) is 0 Å². The Labute approximate surface area is 399 Å². The van der Waals surface area contributed by atoms with E-state index in [0.29, 0.717) is 0 Å². The fraction of sp³-hybridized carbons (Fsp3) is 0. The number of nitrogens with zero attached hydrogens (tertiary/aromatic N) is 2. The topological polar surface area (TPSA) is 21.3 Å². The highest BCUT2D eigenvalue weighted by Gasteiger charge is 2.19. The van der Waals surface area contributed by atoms with E-state index >= 15 is 0 Å². The fourth-order valence-corrected chi connectivity index (χ4v) is 10.8. The van der Waals surface area contributed by atoms with Crippen LogP contribution in [0.1, 0.15) is 0 Å². The second-order valence-electron chi connectivity index (χ2n) is 18.1. The number of para-hydroxylation sites is 2. The molecule has 2 heterocycles. The minimum atomic E-state index is 0.897. The van der Waals surface area contributed by atoms with Crippen molar-refractivity contribution in [2.24, 2.45) is 0 Å². The number of fused-ring (bicyclic) bond motifs is 11. The lowest BCUT2D eigenvalue weighted by Gasteiger charge is -2.26. The molecule has 0 saturated heterocycles. The minimum absolute atomic E-state index is 0.897. The summed E-state index contributed by atoms with van der Waals surface area (Å²) in [6, 6.07) is 92.6. The molecule has 0 aliphatic rings. The van der Waals surface area contributed by atoms with Gasteiger partial charge < -0.3 is 13.9 Å². The van der Waals surface area contributed by atoms with Gasteiger partial charge in [0.1, 0.15) is 11.2 Å². The Balaban J connectivity index is 0.887. The number of benzene rings is 12. The normalized spacial score (nSPS) is 11.8. The van der Waals surface area contributed by atoms with Crippen molar-refractivity contribution >= 4 is 93.1 Å². The summed E-state index contributed by atoms with van der Waals surface area (Å²) in [6.45, 7) is 0. The molecule has 0 fully saturated rings. The molecule has 0 spiro atoms. The number of anilines is 3. The van der Waals surface area contributed by atoms with E-state index in [0.717, 1.165) is 66.6 Å². The Bertz CT molecular complexity index is 4290. The maximum atomic E-state index is 6.60. The molecule has 0 bridgehead atoms. The number of hydrogen-bond donors (Lipinski definition) is 0. The minimum Gasteiger partial charge on any atom is -0.455 e. The molecule has 322 valence electrons. The van der Waals surface area contributed by atoms with Crippen LogP contribution in [0.3, 0.4) is 0 Å². The summed E-state index contributed by atoms with van der Waals surface area (Å²) in [6.07, 6.45) is 0. The Morgan fingerprint density at radius 3 is 1.67 bits per heavy atom. The molecule has 3 nitrogen and oxygen atoms in total. The lowest BCUT2D eigenvalue weighted by atomic mass is 9.99. The van der Waals surface area contributed by atoms with E-state index in [1.54, 1.807) is 0 Å². The van der Waals surface area contributed by atoms with Crippen LogP contribution in [0.2, 0.25) is 0 Å². The van der Waals surface area contributed by atoms with Gasteiger partial charge in [0.2, 0.25) is 0 Å². The van der Waals surface area contributed by atoms with E-state index in [9.17, 15) is 0 Å². The zero-order chi connectivity index (χ0) is 45.4. The second kappa shape index (κ2) is 15.7. The van der Waals surface area contributed by atoms with Crippen molar-refractivity contribution in [3.8, 4) is 39.1 Å². The molecule has 0 radical (unpaired) electrons. The molecule has 0 atom stereocenters. The van der Waals surface area contributed by atoms with Gasteiger partial charge in [-0.15, -0.1) is 0 Å². The first-order valence-electron chi connectivity index (χ1n) is 23.6. The van der Waals surface area contributed by atoms with Crippen LogP contribution in [-0.2, 0) is 0 Å². The average molecular weight is 879 g/mol. The van der Waals surface area contributed by atoms with Crippen LogP contribution in [0.5, 0.6) is 0 Å². The molecule has 0 unspecified atom stereocenters. The van der Waals surface area contributed by atoms with Gasteiger partial charge in [-0.25, -0.2) is 0 Å². The summed E-state index contributed by atoms with van der Waals surface area (Å²) in [5.41, 5.74) is 15.6. The zero-order valence-electron chi connectivity index (χ0n) is 37.6.